The smallest absolute Gasteiger partial charge is 0.321 e. The number of ketones is 1. The van der Waals surface area contributed by atoms with E-state index < -0.39 is 23.6 Å². The zero-order chi connectivity index (χ0) is 13.5. The molecule has 1 aromatic carbocycles. The van der Waals surface area contributed by atoms with Crippen LogP contribution in [0.2, 0.25) is 0 Å². The minimum atomic E-state index is -1.55. The first-order valence-electron chi connectivity index (χ1n) is 5.53. The maximum Gasteiger partial charge on any atom is 0.321 e. The second-order valence-corrected chi connectivity index (χ2v) is 4.70. The summed E-state index contributed by atoms with van der Waals surface area (Å²) in [7, 11) is 0. The van der Waals surface area contributed by atoms with Crippen LogP contribution in [0.3, 0.4) is 0 Å². The first kappa shape index (κ1) is 12.4. The number of hydrogen-bond donors (Lipinski definition) is 3. The predicted molar refractivity (Wildman–Crippen MR) is 67.2 cm³/mol. The molecule has 0 saturated carbocycles. The molecule has 2 rings (SSSR count). The Morgan fingerprint density at radius 2 is 2.00 bits per heavy atom. The van der Waals surface area contributed by atoms with Gasteiger partial charge in [-0.3, -0.25) is 9.69 Å². The number of Topliss-reactive ketones (excluding diaryl/α,β-unsaturated/α-hetero) is 1. The number of rotatable bonds is 2. The van der Waals surface area contributed by atoms with Crippen molar-refractivity contribution in [3.63, 3.8) is 0 Å². The molecule has 0 fully saturated rings. The van der Waals surface area contributed by atoms with Crippen LogP contribution in [0, 0.1) is 0 Å². The van der Waals surface area contributed by atoms with E-state index in [-0.39, 0.29) is 0 Å². The molecule has 1 aromatic rings. The van der Waals surface area contributed by atoms with Crippen LogP contribution in [0.25, 0.3) is 0 Å². The Hall–Kier alpha value is -2.08. The Bertz CT molecular complexity index is 508. The van der Waals surface area contributed by atoms with Crippen molar-refractivity contribution in [1.82, 2.24) is 0 Å². The van der Waals surface area contributed by atoms with Gasteiger partial charge in [-0.1, -0.05) is 12.1 Å². The summed E-state index contributed by atoms with van der Waals surface area (Å²) >= 11 is 0. The van der Waals surface area contributed by atoms with Crippen LogP contribution in [-0.2, 0) is 4.79 Å². The van der Waals surface area contributed by atoms with Gasteiger partial charge in [-0.2, -0.15) is 0 Å². The van der Waals surface area contributed by atoms with Crippen molar-refractivity contribution in [2.24, 2.45) is 5.73 Å². The van der Waals surface area contributed by atoms with Gasteiger partial charge in [-0.15, -0.1) is 0 Å². The zero-order valence-electron chi connectivity index (χ0n) is 10.2. The second-order valence-electron chi connectivity index (χ2n) is 4.70. The standard InChI is InChI=1S/C12H15N3O3/c1-12(2,18)9(16)10-14-7-5-3-4-6-8(7)15(10)11(13)17/h3-6,10,14,18H,1-2H3,(H2,13,17). The molecule has 96 valence electrons. The number of aliphatic hydroxyl groups is 1. The molecule has 0 aromatic heterocycles. The monoisotopic (exact) mass is 249 g/mol. The van der Waals surface area contributed by atoms with Gasteiger partial charge in [0.1, 0.15) is 5.60 Å². The Kier molecular flexibility index (Phi) is 2.74. The molecule has 1 unspecified atom stereocenters. The third-order valence-corrected chi connectivity index (χ3v) is 2.80. The van der Waals surface area contributed by atoms with Gasteiger partial charge in [0, 0.05) is 0 Å². The molecular weight excluding hydrogens is 234 g/mol. The number of benzene rings is 1. The molecule has 6 nitrogen and oxygen atoms in total. The molecule has 4 N–H and O–H groups in total. The number of para-hydroxylation sites is 2. The van der Waals surface area contributed by atoms with Gasteiger partial charge in [-0.25, -0.2) is 4.79 Å². The highest BCUT2D eigenvalue weighted by molar-refractivity contribution is 6.08. The van der Waals surface area contributed by atoms with Crippen molar-refractivity contribution < 1.29 is 14.7 Å². The van der Waals surface area contributed by atoms with E-state index in [0.717, 1.165) is 4.90 Å². The second kappa shape index (κ2) is 3.99. The summed E-state index contributed by atoms with van der Waals surface area (Å²) in [6.07, 6.45) is -0.972. The van der Waals surface area contributed by atoms with E-state index in [1.165, 1.54) is 13.8 Å². The summed E-state index contributed by atoms with van der Waals surface area (Å²) < 4.78 is 0. The normalized spacial score (nSPS) is 18.2. The molecule has 2 amide bonds. The predicted octanol–water partition coefficient (Wildman–Crippen LogP) is 0.663. The van der Waals surface area contributed by atoms with Crippen LogP contribution in [-0.4, -0.2) is 28.7 Å². The number of nitrogens with two attached hydrogens (primary N) is 1. The van der Waals surface area contributed by atoms with Gasteiger partial charge in [-0.05, 0) is 26.0 Å². The fraction of sp³-hybridized carbons (Fsp3) is 0.333. The number of primary amides is 1. The van der Waals surface area contributed by atoms with E-state index in [4.69, 9.17) is 5.73 Å². The summed E-state index contributed by atoms with van der Waals surface area (Å²) in [5.74, 6) is -0.516. The molecule has 0 aliphatic carbocycles. The number of hydrogen-bond acceptors (Lipinski definition) is 4. The molecule has 0 saturated heterocycles. The quantitative estimate of drug-likeness (QED) is 0.717. The number of nitrogens with zero attached hydrogens (tertiary/aromatic N) is 1. The first-order valence-corrected chi connectivity index (χ1v) is 5.53. The van der Waals surface area contributed by atoms with E-state index >= 15 is 0 Å². The van der Waals surface area contributed by atoms with E-state index in [1.807, 2.05) is 0 Å². The Morgan fingerprint density at radius 1 is 1.39 bits per heavy atom. The number of urea groups is 1. The van der Waals surface area contributed by atoms with E-state index in [0.29, 0.717) is 11.4 Å². The summed E-state index contributed by atoms with van der Waals surface area (Å²) in [5, 5.41) is 12.6. The molecule has 0 bridgehead atoms. The Balaban J connectivity index is 2.42. The fourth-order valence-electron chi connectivity index (χ4n) is 1.92. The van der Waals surface area contributed by atoms with E-state index in [1.54, 1.807) is 24.3 Å². The molecule has 1 heterocycles. The minimum Gasteiger partial charge on any atom is -0.382 e. The highest BCUT2D eigenvalue weighted by atomic mass is 16.3. The minimum absolute atomic E-state index is 0.516. The Morgan fingerprint density at radius 3 is 2.56 bits per heavy atom. The first-order chi connectivity index (χ1) is 8.32. The Labute approximate surface area is 104 Å². The lowest BCUT2D eigenvalue weighted by Crippen LogP contribution is -2.54. The fourth-order valence-corrected chi connectivity index (χ4v) is 1.92. The average Bonchev–Trinajstić information content (AvgIpc) is 2.65. The topological polar surface area (TPSA) is 95.7 Å². The van der Waals surface area contributed by atoms with E-state index in [2.05, 4.69) is 5.32 Å². The lowest BCUT2D eigenvalue weighted by Gasteiger charge is -2.26. The van der Waals surface area contributed by atoms with Crippen molar-refractivity contribution in [1.29, 1.82) is 0 Å². The number of carbonyl (C=O) groups excluding carboxylic acids is 2. The molecule has 18 heavy (non-hydrogen) atoms. The van der Waals surface area contributed by atoms with Crippen molar-refractivity contribution in [2.75, 3.05) is 10.2 Å². The maximum absolute atomic E-state index is 12.1. The van der Waals surface area contributed by atoms with Crippen molar-refractivity contribution in [3.05, 3.63) is 24.3 Å². The number of anilines is 2. The molecule has 1 aliphatic heterocycles. The third kappa shape index (κ3) is 1.91. The van der Waals surface area contributed by atoms with Crippen molar-refractivity contribution in [3.8, 4) is 0 Å². The number of fused-ring (bicyclic) bond motifs is 1. The van der Waals surface area contributed by atoms with E-state index in [9.17, 15) is 14.7 Å². The van der Waals surface area contributed by atoms with Gasteiger partial charge < -0.3 is 16.2 Å². The third-order valence-electron chi connectivity index (χ3n) is 2.80. The summed E-state index contributed by atoms with van der Waals surface area (Å²) in [6, 6.07) is 6.21. The molecule has 1 aliphatic rings. The molecule has 1 atom stereocenters. The van der Waals surface area contributed by atoms with Crippen LogP contribution < -0.4 is 16.0 Å². The zero-order valence-corrected chi connectivity index (χ0v) is 10.2. The summed E-state index contributed by atoms with van der Waals surface area (Å²) in [4.78, 5) is 24.7. The molecular formula is C12H15N3O3. The van der Waals surface area contributed by atoms with Crippen LogP contribution >= 0.6 is 0 Å². The van der Waals surface area contributed by atoms with Crippen molar-refractivity contribution in [2.45, 2.75) is 25.6 Å². The summed E-state index contributed by atoms with van der Waals surface area (Å²) in [6.45, 7) is 2.75. The van der Waals surface area contributed by atoms with Gasteiger partial charge in [0.05, 0.1) is 11.4 Å². The van der Waals surface area contributed by atoms with Crippen LogP contribution in [0.5, 0.6) is 0 Å². The molecule has 0 spiro atoms. The number of nitrogens with one attached hydrogen (secondary N) is 1. The summed E-state index contributed by atoms with van der Waals surface area (Å²) in [5.41, 5.74) is 4.92. The van der Waals surface area contributed by atoms with Crippen LogP contribution in [0.1, 0.15) is 13.8 Å². The highest BCUT2D eigenvalue weighted by Crippen LogP contribution is 2.35. The SMILES string of the molecule is CC(C)(O)C(=O)C1Nc2ccccc2N1C(N)=O. The number of amides is 2. The average molecular weight is 249 g/mol. The lowest BCUT2D eigenvalue weighted by atomic mass is 10.0. The van der Waals surface area contributed by atoms with Crippen molar-refractivity contribution >= 4 is 23.2 Å². The molecule has 6 heteroatoms. The van der Waals surface area contributed by atoms with Gasteiger partial charge in [0.25, 0.3) is 0 Å². The lowest BCUT2D eigenvalue weighted by molar-refractivity contribution is -0.134. The van der Waals surface area contributed by atoms with Crippen LogP contribution in [0.4, 0.5) is 16.2 Å². The van der Waals surface area contributed by atoms with Crippen LogP contribution in [0.15, 0.2) is 24.3 Å². The number of carbonyl (C=O) groups is 2. The maximum atomic E-state index is 12.1. The largest absolute Gasteiger partial charge is 0.382 e. The van der Waals surface area contributed by atoms with Gasteiger partial charge in [0.2, 0.25) is 5.78 Å². The highest BCUT2D eigenvalue weighted by Gasteiger charge is 2.42. The van der Waals surface area contributed by atoms with Gasteiger partial charge >= 0.3 is 6.03 Å². The van der Waals surface area contributed by atoms with Gasteiger partial charge in [0.15, 0.2) is 6.17 Å². The molecule has 0 radical (unpaired) electrons.